The smallest absolute Gasteiger partial charge is 0.395 e. The van der Waals surface area contributed by atoms with Crippen LogP contribution in [0.1, 0.15) is 46.6 Å². The first-order valence-corrected chi connectivity index (χ1v) is 15.7. The summed E-state index contributed by atoms with van der Waals surface area (Å²) in [4.78, 5) is 26.0. The number of carbonyl (C=O) groups excluding carboxylic acids is 2. The fourth-order valence-electron chi connectivity index (χ4n) is 4.71. The van der Waals surface area contributed by atoms with Crippen molar-refractivity contribution in [3.05, 3.63) is 54.1 Å². The van der Waals surface area contributed by atoms with Crippen molar-refractivity contribution < 1.29 is 41.4 Å². The molecule has 0 saturated heterocycles. The van der Waals surface area contributed by atoms with Gasteiger partial charge in [-0.2, -0.15) is 4.31 Å². The summed E-state index contributed by atoms with van der Waals surface area (Å²) < 4.78 is 64.9. The van der Waals surface area contributed by atoms with Gasteiger partial charge >= 0.3 is 6.29 Å². The first-order valence-electron chi connectivity index (χ1n) is 14.3. The van der Waals surface area contributed by atoms with Gasteiger partial charge in [-0.3, -0.25) is 15.0 Å². The number of carbonyl (C=O) groups is 2. The second-order valence-corrected chi connectivity index (χ2v) is 14.3. The minimum atomic E-state index is -4.37. The molecule has 2 atom stereocenters. The van der Waals surface area contributed by atoms with Crippen LogP contribution in [0, 0.1) is 11.3 Å². The maximum atomic E-state index is 13.9. The minimum absolute atomic E-state index is 0.0285. The van der Waals surface area contributed by atoms with Crippen LogP contribution >= 0.6 is 0 Å². The van der Waals surface area contributed by atoms with E-state index in [0.29, 0.717) is 0 Å². The number of nitrogens with zero attached hydrogens (tertiary/aromatic N) is 2. The molecule has 11 nitrogen and oxygen atoms in total. The lowest BCUT2D eigenvalue weighted by molar-refractivity contribution is -0.286. The van der Waals surface area contributed by atoms with Crippen LogP contribution in [0.15, 0.2) is 53.4 Å². The van der Waals surface area contributed by atoms with E-state index < -0.39 is 58.0 Å². The molecule has 14 heteroatoms. The van der Waals surface area contributed by atoms with Crippen LogP contribution in [0.4, 0.5) is 8.78 Å². The summed E-state index contributed by atoms with van der Waals surface area (Å²) in [5.41, 5.74) is 2.89. The van der Waals surface area contributed by atoms with Crippen molar-refractivity contribution in [1.82, 2.24) is 20.1 Å². The van der Waals surface area contributed by atoms with Crippen molar-refractivity contribution in [3.8, 4) is 11.5 Å². The fraction of sp³-hybridized carbons (Fsp3) is 0.533. The molecule has 244 valence electrons. The molecule has 0 aliphatic carbocycles. The molecule has 0 spiro atoms. The van der Waals surface area contributed by atoms with E-state index in [-0.39, 0.29) is 42.5 Å². The van der Waals surface area contributed by atoms with E-state index in [0.717, 1.165) is 33.1 Å². The number of likely N-dealkylation sites (N-methyl/N-ethyl adjacent to an activating group) is 1. The third kappa shape index (κ3) is 9.58. The minimum Gasteiger partial charge on any atom is -0.395 e. The van der Waals surface area contributed by atoms with Crippen LogP contribution in [0.2, 0.25) is 0 Å². The molecule has 0 radical (unpaired) electrons. The van der Waals surface area contributed by atoms with E-state index >= 15 is 0 Å². The Morgan fingerprint density at radius 1 is 1.02 bits per heavy atom. The third-order valence-electron chi connectivity index (χ3n) is 6.57. The second kappa shape index (κ2) is 14.2. The molecule has 0 bridgehead atoms. The molecule has 1 aliphatic rings. The van der Waals surface area contributed by atoms with Gasteiger partial charge in [-0.15, -0.1) is 8.78 Å². The Hall–Kier alpha value is -3.33. The number of aliphatic hydroxyl groups excluding tert-OH is 1. The quantitative estimate of drug-likeness (QED) is 0.284. The Balaban J connectivity index is 2.02. The number of hydrazine groups is 1. The molecule has 3 N–H and O–H groups in total. The van der Waals surface area contributed by atoms with E-state index in [1.165, 1.54) is 0 Å². The number of amides is 2. The topological polar surface area (TPSA) is 138 Å². The first kappa shape index (κ1) is 35.2. The van der Waals surface area contributed by atoms with E-state index in [4.69, 9.17) is 0 Å². The molecule has 0 aromatic heterocycles. The van der Waals surface area contributed by atoms with Crippen LogP contribution in [0.5, 0.6) is 11.5 Å². The number of fused-ring (bicyclic) bond motifs is 1. The Kier molecular flexibility index (Phi) is 11.3. The lowest BCUT2D eigenvalue weighted by atomic mass is 9.91. The summed E-state index contributed by atoms with van der Waals surface area (Å²) in [6.45, 7) is 8.54. The Bertz CT molecular complexity index is 1400. The second-order valence-electron chi connectivity index (χ2n) is 12.4. The van der Waals surface area contributed by atoms with Crippen molar-refractivity contribution in [3.63, 3.8) is 0 Å². The highest BCUT2D eigenvalue weighted by atomic mass is 32.2. The zero-order valence-electron chi connectivity index (χ0n) is 25.8. The van der Waals surface area contributed by atoms with Crippen molar-refractivity contribution in [1.29, 1.82) is 0 Å². The lowest BCUT2D eigenvalue weighted by Gasteiger charge is -2.38. The molecule has 2 aromatic rings. The summed E-state index contributed by atoms with van der Waals surface area (Å²) in [5.74, 6) is -1.93. The number of alkyl halides is 2. The molecule has 0 saturated carbocycles. The van der Waals surface area contributed by atoms with Crippen LogP contribution in [0.25, 0.3) is 0 Å². The lowest BCUT2D eigenvalue weighted by Crippen LogP contribution is -2.60. The van der Waals surface area contributed by atoms with Gasteiger partial charge in [0.2, 0.25) is 15.9 Å². The number of hydrogen-bond acceptors (Lipinski definition) is 8. The summed E-state index contributed by atoms with van der Waals surface area (Å²) >= 11 is 0. The Labute approximate surface area is 257 Å². The highest BCUT2D eigenvalue weighted by molar-refractivity contribution is 7.89. The van der Waals surface area contributed by atoms with Gasteiger partial charge in [0.1, 0.15) is 0 Å². The monoisotopic (exact) mass is 640 g/mol. The largest absolute Gasteiger partial charge is 0.586 e. The molecule has 3 rings (SSSR count). The molecule has 2 amide bonds. The standard InChI is InChI=1S/C30H42F2N4O7S/c1-20(2)18-35(44(40,41)22-12-13-25-26(15-22)43-30(31,32)42-25)19-24(37)23(14-21-10-8-7-9-11-21)36(34-27(38)17-33-6)28(39)16-29(3,4)5/h7-13,15,20,23-24,33,37H,14,16-19H2,1-6H3,(H,34,38)/t23-,24+/m0/s1. The van der Waals surface area contributed by atoms with Gasteiger partial charge in [0.25, 0.3) is 5.91 Å². The maximum absolute atomic E-state index is 13.9. The summed E-state index contributed by atoms with van der Waals surface area (Å²) in [6, 6.07) is 11.1. The molecule has 2 aromatic carbocycles. The van der Waals surface area contributed by atoms with E-state index in [9.17, 15) is 31.9 Å². The van der Waals surface area contributed by atoms with E-state index in [2.05, 4.69) is 20.2 Å². The average Bonchev–Trinajstić information content (AvgIpc) is 3.22. The van der Waals surface area contributed by atoms with Crippen molar-refractivity contribution in [2.45, 2.75) is 70.8 Å². The van der Waals surface area contributed by atoms with Gasteiger partial charge < -0.3 is 19.9 Å². The molecule has 1 aliphatic heterocycles. The van der Waals surface area contributed by atoms with E-state index in [1.54, 1.807) is 45.2 Å². The van der Waals surface area contributed by atoms with Crippen LogP contribution in [-0.2, 0) is 26.0 Å². The molecule has 44 heavy (non-hydrogen) atoms. The van der Waals surface area contributed by atoms with Crippen molar-refractivity contribution in [2.24, 2.45) is 11.3 Å². The number of halogens is 2. The summed E-state index contributed by atoms with van der Waals surface area (Å²) in [5, 5.41) is 15.6. The highest BCUT2D eigenvalue weighted by Crippen LogP contribution is 2.42. The van der Waals surface area contributed by atoms with Crippen LogP contribution < -0.4 is 20.2 Å². The normalized spacial score (nSPS) is 15.7. The predicted molar refractivity (Wildman–Crippen MR) is 159 cm³/mol. The molecular formula is C30H42F2N4O7S. The summed E-state index contributed by atoms with van der Waals surface area (Å²) in [6.07, 6.45) is -5.29. The number of sulfonamides is 1. The zero-order chi connectivity index (χ0) is 32.9. The molecule has 1 heterocycles. The summed E-state index contributed by atoms with van der Waals surface area (Å²) in [7, 11) is -2.80. The number of nitrogens with one attached hydrogen (secondary N) is 2. The molecule has 0 unspecified atom stereocenters. The predicted octanol–water partition coefficient (Wildman–Crippen LogP) is 3.14. The maximum Gasteiger partial charge on any atom is 0.586 e. The highest BCUT2D eigenvalue weighted by Gasteiger charge is 2.44. The fourth-order valence-corrected chi connectivity index (χ4v) is 6.34. The molecule has 0 fully saturated rings. The van der Waals surface area contributed by atoms with Gasteiger partial charge in [-0.1, -0.05) is 65.0 Å². The Morgan fingerprint density at radius 2 is 1.66 bits per heavy atom. The van der Waals surface area contributed by atoms with Gasteiger partial charge in [-0.05, 0) is 42.5 Å². The van der Waals surface area contributed by atoms with Gasteiger partial charge in [0.05, 0.1) is 23.6 Å². The number of hydrogen-bond donors (Lipinski definition) is 3. The van der Waals surface area contributed by atoms with Crippen molar-refractivity contribution >= 4 is 21.8 Å². The van der Waals surface area contributed by atoms with Gasteiger partial charge in [0.15, 0.2) is 11.5 Å². The van der Waals surface area contributed by atoms with Gasteiger partial charge in [-0.25, -0.2) is 13.4 Å². The average molecular weight is 641 g/mol. The number of ether oxygens (including phenoxy) is 2. The number of aliphatic hydroxyl groups is 1. The first-order chi connectivity index (χ1) is 20.4. The third-order valence-corrected chi connectivity index (χ3v) is 8.39. The number of rotatable bonds is 13. The molecular weight excluding hydrogens is 598 g/mol. The zero-order valence-corrected chi connectivity index (χ0v) is 26.7. The van der Waals surface area contributed by atoms with E-state index in [1.807, 2.05) is 26.8 Å². The Morgan fingerprint density at radius 3 is 2.25 bits per heavy atom. The number of benzene rings is 2. The van der Waals surface area contributed by atoms with Crippen molar-refractivity contribution in [2.75, 3.05) is 26.7 Å². The SMILES string of the molecule is CNCC(=O)NN(C(=O)CC(C)(C)C)[C@@H](Cc1ccccc1)[C@H](O)CN(CC(C)C)S(=O)(=O)c1ccc2c(c1)OC(F)(F)O2. The van der Waals surface area contributed by atoms with Crippen LogP contribution in [0.3, 0.4) is 0 Å². The van der Waals surface area contributed by atoms with Crippen LogP contribution in [-0.4, -0.2) is 79.8 Å². The van der Waals surface area contributed by atoms with Gasteiger partial charge in [0, 0.05) is 25.6 Å².